The standard InChI is InChI=1S/C15H15ClF3N3O2S/c1-21-9-13(14(20-21)15(17,18)19)25(23,24)22-6-5-11(8-22)10-3-2-4-12(16)7-10/h2-4,7,9,11H,5-6,8H2,1H3. The van der Waals surface area contributed by atoms with Gasteiger partial charge < -0.3 is 0 Å². The largest absolute Gasteiger partial charge is 0.436 e. The second-order valence-electron chi connectivity index (χ2n) is 5.92. The van der Waals surface area contributed by atoms with Crippen molar-refractivity contribution in [1.29, 1.82) is 0 Å². The molecule has 0 saturated carbocycles. The number of rotatable bonds is 3. The number of hydrogen-bond donors (Lipinski definition) is 0. The van der Waals surface area contributed by atoms with Crippen LogP contribution < -0.4 is 0 Å². The molecule has 0 amide bonds. The van der Waals surface area contributed by atoms with Gasteiger partial charge in [-0.2, -0.15) is 22.6 Å². The molecule has 25 heavy (non-hydrogen) atoms. The minimum atomic E-state index is -4.84. The number of alkyl halides is 3. The van der Waals surface area contributed by atoms with Crippen molar-refractivity contribution in [3.05, 3.63) is 46.7 Å². The summed E-state index contributed by atoms with van der Waals surface area (Å²) in [5, 5.41) is 3.81. The number of aromatic nitrogens is 2. The second kappa shape index (κ2) is 6.30. The van der Waals surface area contributed by atoms with Crippen LogP contribution in [0.25, 0.3) is 0 Å². The van der Waals surface area contributed by atoms with Gasteiger partial charge in [0.2, 0.25) is 10.0 Å². The summed E-state index contributed by atoms with van der Waals surface area (Å²) in [6.45, 7) is 0.251. The molecule has 1 atom stereocenters. The molecule has 0 radical (unpaired) electrons. The maximum absolute atomic E-state index is 13.1. The van der Waals surface area contributed by atoms with Crippen LogP contribution in [0.5, 0.6) is 0 Å². The summed E-state index contributed by atoms with van der Waals surface area (Å²) < 4.78 is 66.6. The minimum absolute atomic E-state index is 0.106. The first-order valence-corrected chi connectivity index (χ1v) is 9.27. The minimum Gasteiger partial charge on any atom is -0.274 e. The van der Waals surface area contributed by atoms with Gasteiger partial charge in [-0.3, -0.25) is 4.68 Å². The Balaban J connectivity index is 1.90. The summed E-state index contributed by atoms with van der Waals surface area (Å²) in [4.78, 5) is -0.811. The van der Waals surface area contributed by atoms with Crippen molar-refractivity contribution in [2.75, 3.05) is 13.1 Å². The molecule has 0 spiro atoms. The van der Waals surface area contributed by atoms with Gasteiger partial charge in [0.1, 0.15) is 4.90 Å². The lowest BCUT2D eigenvalue weighted by molar-refractivity contribution is -0.143. The van der Waals surface area contributed by atoms with E-state index in [1.54, 1.807) is 18.2 Å². The Hall–Kier alpha value is -1.58. The van der Waals surface area contributed by atoms with E-state index < -0.39 is 26.8 Å². The Morgan fingerprint density at radius 2 is 2.04 bits per heavy atom. The predicted octanol–water partition coefficient (Wildman–Crippen LogP) is 3.27. The van der Waals surface area contributed by atoms with E-state index in [9.17, 15) is 21.6 Å². The Morgan fingerprint density at radius 1 is 1.32 bits per heavy atom. The van der Waals surface area contributed by atoms with Crippen molar-refractivity contribution >= 4 is 21.6 Å². The monoisotopic (exact) mass is 393 g/mol. The summed E-state index contributed by atoms with van der Waals surface area (Å²) in [5.74, 6) is -0.112. The van der Waals surface area contributed by atoms with Crippen LogP contribution in [0.3, 0.4) is 0 Å². The Morgan fingerprint density at radius 3 is 2.68 bits per heavy atom. The molecule has 1 aliphatic rings. The lowest BCUT2D eigenvalue weighted by Crippen LogP contribution is -2.30. The summed E-state index contributed by atoms with van der Waals surface area (Å²) in [5.41, 5.74) is -0.520. The highest BCUT2D eigenvalue weighted by molar-refractivity contribution is 7.89. The number of hydrogen-bond acceptors (Lipinski definition) is 3. The van der Waals surface area contributed by atoms with Crippen LogP contribution in [-0.4, -0.2) is 35.6 Å². The van der Waals surface area contributed by atoms with Crippen molar-refractivity contribution in [2.24, 2.45) is 7.05 Å². The van der Waals surface area contributed by atoms with Gasteiger partial charge >= 0.3 is 6.18 Å². The Bertz CT molecular complexity index is 896. The van der Waals surface area contributed by atoms with Crippen LogP contribution >= 0.6 is 11.6 Å². The third-order valence-electron chi connectivity index (χ3n) is 4.15. The number of halogens is 4. The Labute approximate surface area is 148 Å². The van der Waals surface area contributed by atoms with Crippen LogP contribution in [-0.2, 0) is 23.2 Å². The highest BCUT2D eigenvalue weighted by Gasteiger charge is 2.44. The molecule has 1 aromatic carbocycles. The molecule has 136 valence electrons. The molecule has 0 aliphatic carbocycles. The number of sulfonamides is 1. The fraction of sp³-hybridized carbons (Fsp3) is 0.400. The molecule has 1 fully saturated rings. The van der Waals surface area contributed by atoms with Crippen LogP contribution in [0.15, 0.2) is 35.4 Å². The molecule has 3 rings (SSSR count). The average molecular weight is 394 g/mol. The van der Waals surface area contributed by atoms with Crippen LogP contribution in [0.4, 0.5) is 13.2 Å². The molecule has 5 nitrogen and oxygen atoms in total. The van der Waals surface area contributed by atoms with Crippen molar-refractivity contribution in [1.82, 2.24) is 14.1 Å². The van der Waals surface area contributed by atoms with E-state index in [1.807, 2.05) is 6.07 Å². The second-order valence-corrected chi connectivity index (χ2v) is 8.26. The van der Waals surface area contributed by atoms with Gasteiger partial charge in [-0.1, -0.05) is 23.7 Å². The SMILES string of the molecule is Cn1cc(S(=O)(=O)N2CCC(c3cccc(Cl)c3)C2)c(C(F)(F)F)n1. The summed E-state index contributed by atoms with van der Waals surface area (Å²) >= 11 is 5.95. The Kier molecular flexibility index (Phi) is 4.59. The number of benzene rings is 1. The first-order valence-electron chi connectivity index (χ1n) is 7.45. The average Bonchev–Trinajstić information content (AvgIpc) is 3.13. The molecule has 1 unspecified atom stereocenters. The zero-order valence-electron chi connectivity index (χ0n) is 13.2. The third kappa shape index (κ3) is 3.54. The van der Waals surface area contributed by atoms with Crippen molar-refractivity contribution in [3.8, 4) is 0 Å². The van der Waals surface area contributed by atoms with Gasteiger partial charge in [-0.25, -0.2) is 8.42 Å². The van der Waals surface area contributed by atoms with Gasteiger partial charge in [0.05, 0.1) is 0 Å². The van der Waals surface area contributed by atoms with Crippen molar-refractivity contribution < 1.29 is 21.6 Å². The van der Waals surface area contributed by atoms with Crippen molar-refractivity contribution in [3.63, 3.8) is 0 Å². The van der Waals surface area contributed by atoms with Crippen LogP contribution in [0.2, 0.25) is 5.02 Å². The van der Waals surface area contributed by atoms with E-state index in [0.717, 1.165) is 20.7 Å². The highest BCUT2D eigenvalue weighted by Crippen LogP contribution is 2.37. The van der Waals surface area contributed by atoms with E-state index in [2.05, 4.69) is 5.10 Å². The van der Waals surface area contributed by atoms with E-state index in [0.29, 0.717) is 11.4 Å². The zero-order valence-corrected chi connectivity index (χ0v) is 14.7. The first kappa shape index (κ1) is 18.2. The highest BCUT2D eigenvalue weighted by atomic mass is 35.5. The van der Waals surface area contributed by atoms with Gasteiger partial charge in [-0.05, 0) is 30.0 Å². The molecule has 0 N–H and O–H groups in total. The fourth-order valence-electron chi connectivity index (χ4n) is 2.97. The van der Waals surface area contributed by atoms with E-state index in [1.165, 1.54) is 7.05 Å². The maximum Gasteiger partial charge on any atom is 0.436 e. The lowest BCUT2D eigenvalue weighted by atomic mass is 9.99. The smallest absolute Gasteiger partial charge is 0.274 e. The topological polar surface area (TPSA) is 55.2 Å². The quantitative estimate of drug-likeness (QED) is 0.804. The van der Waals surface area contributed by atoms with Gasteiger partial charge in [0.15, 0.2) is 5.69 Å². The zero-order chi connectivity index (χ0) is 18.4. The number of nitrogens with zero attached hydrogens (tertiary/aromatic N) is 3. The van der Waals surface area contributed by atoms with E-state index in [-0.39, 0.29) is 19.0 Å². The maximum atomic E-state index is 13.1. The third-order valence-corrected chi connectivity index (χ3v) is 6.25. The molecule has 2 aromatic rings. The normalized spacial score (nSPS) is 19.5. The molecule has 1 aliphatic heterocycles. The molecule has 10 heteroatoms. The molecule has 1 aromatic heterocycles. The van der Waals surface area contributed by atoms with Gasteiger partial charge in [-0.15, -0.1) is 0 Å². The molecular formula is C15H15ClF3N3O2S. The molecular weight excluding hydrogens is 379 g/mol. The van der Waals surface area contributed by atoms with E-state index in [4.69, 9.17) is 11.6 Å². The molecule has 0 bridgehead atoms. The summed E-state index contributed by atoms with van der Waals surface area (Å²) in [6.07, 6.45) is -3.43. The van der Waals surface area contributed by atoms with E-state index >= 15 is 0 Å². The number of aryl methyl sites for hydroxylation is 1. The van der Waals surface area contributed by atoms with Crippen LogP contribution in [0.1, 0.15) is 23.6 Å². The molecule has 1 saturated heterocycles. The van der Waals surface area contributed by atoms with Crippen LogP contribution in [0, 0.1) is 0 Å². The summed E-state index contributed by atoms with van der Waals surface area (Å²) in [6, 6.07) is 7.04. The van der Waals surface area contributed by atoms with Crippen molar-refractivity contribution in [2.45, 2.75) is 23.4 Å². The lowest BCUT2D eigenvalue weighted by Gasteiger charge is -2.17. The summed E-state index contributed by atoms with van der Waals surface area (Å²) in [7, 11) is -3.03. The fourth-order valence-corrected chi connectivity index (χ4v) is 4.86. The van der Waals surface area contributed by atoms with Gasteiger partial charge in [0, 0.05) is 31.4 Å². The first-order chi connectivity index (χ1) is 11.6. The molecule has 2 heterocycles. The van der Waals surface area contributed by atoms with Gasteiger partial charge in [0.25, 0.3) is 0 Å². The predicted molar refractivity (Wildman–Crippen MR) is 85.8 cm³/mol.